The third kappa shape index (κ3) is 12.1. The largest absolute Gasteiger partial charge is 0.457 e. The number of likely N-dealkylation sites (tertiary alicyclic amines) is 1. The van der Waals surface area contributed by atoms with Gasteiger partial charge in [0.2, 0.25) is 0 Å². The van der Waals surface area contributed by atoms with Crippen molar-refractivity contribution in [2.75, 3.05) is 45.9 Å². The molecule has 2 saturated heterocycles. The summed E-state index contributed by atoms with van der Waals surface area (Å²) in [6, 6.07) is 0.589. The number of rotatable bonds is 7. The van der Waals surface area contributed by atoms with Gasteiger partial charge in [0.05, 0.1) is 19.1 Å². The topological polar surface area (TPSA) is 129 Å². The van der Waals surface area contributed by atoms with E-state index in [0.717, 1.165) is 44.6 Å². The number of amides is 2. The monoisotopic (exact) mass is 687 g/mol. The fourth-order valence-electron chi connectivity index (χ4n) is 7.27. The first-order chi connectivity index (χ1) is 23.4. The summed E-state index contributed by atoms with van der Waals surface area (Å²) in [5.41, 5.74) is -0.684. The van der Waals surface area contributed by atoms with Gasteiger partial charge in [-0.05, 0) is 64.0 Å². The van der Waals surface area contributed by atoms with Crippen LogP contribution in [0.2, 0.25) is 0 Å². The van der Waals surface area contributed by atoms with E-state index in [1.807, 2.05) is 45.1 Å². The molecule has 3 fully saturated rings. The van der Waals surface area contributed by atoms with Gasteiger partial charge >= 0.3 is 18.2 Å². The second kappa shape index (κ2) is 18.9. The van der Waals surface area contributed by atoms with Gasteiger partial charge in [0.25, 0.3) is 0 Å². The van der Waals surface area contributed by atoms with Gasteiger partial charge in [0.15, 0.2) is 6.10 Å². The van der Waals surface area contributed by atoms with E-state index in [2.05, 4.69) is 4.90 Å². The first-order valence-corrected chi connectivity index (χ1v) is 18.7. The normalized spacial score (nSPS) is 31.7. The lowest BCUT2D eigenvalue weighted by atomic mass is 9.89. The van der Waals surface area contributed by atoms with Crippen molar-refractivity contribution in [2.45, 2.75) is 128 Å². The highest BCUT2D eigenvalue weighted by Crippen LogP contribution is 2.28. The molecule has 0 unspecified atom stereocenters. The van der Waals surface area contributed by atoms with Crippen LogP contribution in [0, 0.1) is 11.8 Å². The number of carbonyl (C=O) groups is 3. The van der Waals surface area contributed by atoms with Gasteiger partial charge in [0, 0.05) is 57.1 Å². The van der Waals surface area contributed by atoms with Crippen LogP contribution in [0.1, 0.15) is 98.3 Å². The predicted octanol–water partition coefficient (Wildman–Crippen LogP) is 5.60. The number of ether oxygens (including phenoxy) is 3. The maximum Gasteiger partial charge on any atom is 0.410 e. The molecule has 276 valence electrons. The van der Waals surface area contributed by atoms with E-state index in [-0.39, 0.29) is 43.8 Å². The van der Waals surface area contributed by atoms with Crippen molar-refractivity contribution in [3.8, 4) is 0 Å². The van der Waals surface area contributed by atoms with E-state index in [1.54, 1.807) is 22.8 Å². The van der Waals surface area contributed by atoms with E-state index in [1.165, 1.54) is 38.5 Å². The Balaban J connectivity index is 1.40. The van der Waals surface area contributed by atoms with E-state index in [9.17, 15) is 24.6 Å². The average Bonchev–Trinajstić information content (AvgIpc) is 3.49. The molecule has 49 heavy (non-hydrogen) atoms. The third-order valence-electron chi connectivity index (χ3n) is 10.5. The number of nitrogens with zero attached hydrogens (tertiary/aromatic N) is 3. The van der Waals surface area contributed by atoms with Crippen LogP contribution >= 0.6 is 0 Å². The molecule has 3 heterocycles. The molecule has 0 spiro atoms. The maximum atomic E-state index is 13.4. The quantitative estimate of drug-likeness (QED) is 0.116. The van der Waals surface area contributed by atoms with Crippen LogP contribution in [0.25, 0.3) is 0 Å². The molecule has 0 radical (unpaired) electrons. The summed E-state index contributed by atoms with van der Waals surface area (Å²) in [7, 11) is 0. The summed E-state index contributed by atoms with van der Waals surface area (Å²) in [5.74, 6) is -0.869. The molecule has 1 aliphatic carbocycles. The number of cyclic esters (lactones) is 1. The number of hydrogen-bond donors (Lipinski definition) is 2. The van der Waals surface area contributed by atoms with Crippen molar-refractivity contribution in [1.29, 1.82) is 0 Å². The Hall–Kier alpha value is -2.89. The SMILES string of the molecule is C/C(=C\C=C\[C@@H](C)COC(=O)N1CCCC1)[C@H]1OC(=O)C[C@H](O)CC[C@@](C)(O)[C@@H](OC(=O)N2CCN(C3CCCCCC3)CC2)/C=C\[C@@H]1C. The minimum absolute atomic E-state index is 0.0145. The Kier molecular flexibility index (Phi) is 15.0. The molecule has 0 aromatic rings. The standard InChI is InChI=1S/C38H61N3O8/c1-28(27-47-36(44)40-20-9-10-21-40)12-11-13-29(2)35-30(3)16-17-33(38(4,46)19-18-32(42)26-34(43)49-35)48-37(45)41-24-22-39(23-25-41)31-14-7-5-6-8-15-31/h11-13,16-17,28,30-33,35,42,46H,5-10,14-15,18-27H2,1-4H3/b12-11+,17-16-,29-13+/t28-,30+,32-,33+,35-,38-/m1/s1. The molecule has 3 aliphatic heterocycles. The lowest BCUT2D eigenvalue weighted by Crippen LogP contribution is -2.53. The van der Waals surface area contributed by atoms with Gasteiger partial charge in [-0.3, -0.25) is 9.69 Å². The highest BCUT2D eigenvalue weighted by molar-refractivity contribution is 5.70. The summed E-state index contributed by atoms with van der Waals surface area (Å²) >= 11 is 0. The van der Waals surface area contributed by atoms with Crippen LogP contribution in [-0.4, -0.2) is 119 Å². The van der Waals surface area contributed by atoms with Gasteiger partial charge < -0.3 is 34.2 Å². The lowest BCUT2D eigenvalue weighted by molar-refractivity contribution is -0.151. The zero-order valence-electron chi connectivity index (χ0n) is 30.3. The fraction of sp³-hybridized carbons (Fsp3) is 0.763. The van der Waals surface area contributed by atoms with Crippen molar-refractivity contribution in [2.24, 2.45) is 11.8 Å². The summed E-state index contributed by atoms with van der Waals surface area (Å²) in [4.78, 5) is 44.5. The van der Waals surface area contributed by atoms with Gasteiger partial charge in [-0.15, -0.1) is 0 Å². The lowest BCUT2D eigenvalue weighted by Gasteiger charge is -2.40. The zero-order valence-corrected chi connectivity index (χ0v) is 30.3. The van der Waals surface area contributed by atoms with Crippen LogP contribution in [0.3, 0.4) is 0 Å². The molecule has 11 nitrogen and oxygen atoms in total. The van der Waals surface area contributed by atoms with Crippen molar-refractivity contribution in [3.05, 3.63) is 36.0 Å². The molecule has 0 aromatic heterocycles. The number of hydrogen-bond acceptors (Lipinski definition) is 9. The minimum Gasteiger partial charge on any atom is -0.457 e. The summed E-state index contributed by atoms with van der Waals surface area (Å²) in [5, 5.41) is 22.2. The van der Waals surface area contributed by atoms with Crippen molar-refractivity contribution in [1.82, 2.24) is 14.7 Å². The molecule has 0 bridgehead atoms. The average molecular weight is 688 g/mol. The molecule has 0 aromatic carbocycles. The number of aliphatic hydroxyl groups is 2. The van der Waals surface area contributed by atoms with Crippen molar-refractivity contribution in [3.63, 3.8) is 0 Å². The van der Waals surface area contributed by atoms with Gasteiger partial charge in [0.1, 0.15) is 11.7 Å². The second-order valence-electron chi connectivity index (χ2n) is 14.9. The number of aliphatic hydroxyl groups excluding tert-OH is 1. The molecule has 11 heteroatoms. The van der Waals surface area contributed by atoms with E-state index in [4.69, 9.17) is 14.2 Å². The van der Waals surface area contributed by atoms with Crippen molar-refractivity contribution < 1.29 is 38.8 Å². The van der Waals surface area contributed by atoms with Crippen molar-refractivity contribution >= 4 is 18.2 Å². The van der Waals surface area contributed by atoms with E-state index >= 15 is 0 Å². The highest BCUT2D eigenvalue weighted by Gasteiger charge is 2.37. The Labute approximate surface area is 293 Å². The van der Waals surface area contributed by atoms with Crippen LogP contribution in [0.4, 0.5) is 9.59 Å². The zero-order chi connectivity index (χ0) is 35.4. The van der Waals surface area contributed by atoms with Crippen LogP contribution in [0.5, 0.6) is 0 Å². The first kappa shape index (κ1) is 38.9. The molecule has 4 rings (SSSR count). The maximum absolute atomic E-state index is 13.4. The minimum atomic E-state index is -1.46. The van der Waals surface area contributed by atoms with Crippen LogP contribution < -0.4 is 0 Å². The van der Waals surface area contributed by atoms with Gasteiger partial charge in [-0.25, -0.2) is 9.59 Å². The van der Waals surface area contributed by atoms with Crippen LogP contribution in [-0.2, 0) is 19.0 Å². The summed E-state index contributed by atoms with van der Waals surface area (Å²) in [6.07, 6.45) is 15.5. The number of esters is 1. The predicted molar refractivity (Wildman–Crippen MR) is 188 cm³/mol. The number of allylic oxidation sites excluding steroid dienone is 2. The Morgan fingerprint density at radius 1 is 0.980 bits per heavy atom. The highest BCUT2D eigenvalue weighted by atomic mass is 16.6. The second-order valence-corrected chi connectivity index (χ2v) is 14.9. The molecular formula is C38H61N3O8. The van der Waals surface area contributed by atoms with Gasteiger partial charge in [-0.2, -0.15) is 0 Å². The molecule has 4 aliphatic rings. The molecule has 1 saturated carbocycles. The third-order valence-corrected chi connectivity index (χ3v) is 10.5. The smallest absolute Gasteiger partial charge is 0.410 e. The van der Waals surface area contributed by atoms with E-state index < -0.39 is 36.0 Å². The van der Waals surface area contributed by atoms with Gasteiger partial charge in [-0.1, -0.05) is 63.8 Å². The summed E-state index contributed by atoms with van der Waals surface area (Å²) < 4.78 is 17.3. The molecule has 2 N–H and O–H groups in total. The van der Waals surface area contributed by atoms with E-state index in [0.29, 0.717) is 19.1 Å². The fourth-order valence-corrected chi connectivity index (χ4v) is 7.27. The summed E-state index contributed by atoms with van der Waals surface area (Å²) in [6.45, 7) is 11.9. The number of piperazine rings is 1. The number of carbonyl (C=O) groups excluding carboxylic acids is 3. The molecule has 2 amide bonds. The first-order valence-electron chi connectivity index (χ1n) is 18.7. The molecule has 6 atom stereocenters. The Morgan fingerprint density at radius 3 is 2.31 bits per heavy atom. The Morgan fingerprint density at radius 2 is 1.63 bits per heavy atom. The molecular weight excluding hydrogens is 626 g/mol. The Bertz CT molecular complexity index is 1160. The van der Waals surface area contributed by atoms with Crippen LogP contribution in [0.15, 0.2) is 36.0 Å².